The van der Waals surface area contributed by atoms with Crippen molar-refractivity contribution in [2.75, 3.05) is 0 Å². The van der Waals surface area contributed by atoms with Gasteiger partial charge in [0.25, 0.3) is 0 Å². The van der Waals surface area contributed by atoms with E-state index in [0.29, 0.717) is 0 Å². The van der Waals surface area contributed by atoms with Gasteiger partial charge in [-0.15, -0.1) is 0 Å². The molecular weight excluding hydrogens is 182 g/mol. The third kappa shape index (κ3) is 0.883. The fourth-order valence-electron chi connectivity index (χ4n) is 0.204. The summed E-state index contributed by atoms with van der Waals surface area (Å²) in [5, 5.41) is 41.8. The first-order valence-electron chi connectivity index (χ1n) is 2.14. The van der Waals surface area contributed by atoms with E-state index in [1.54, 1.807) is 0 Å². The molecule has 0 saturated heterocycles. The summed E-state index contributed by atoms with van der Waals surface area (Å²) < 4.78 is 0. The summed E-state index contributed by atoms with van der Waals surface area (Å²) in [6, 6.07) is 0. The minimum atomic E-state index is -5.06. The zero-order valence-corrected chi connectivity index (χ0v) is 6.42. The fraction of sp³-hybridized carbons (Fsp3) is 0. The van der Waals surface area contributed by atoms with Crippen LogP contribution in [0.25, 0.3) is 0 Å². The molecule has 0 heterocycles. The van der Waals surface area contributed by atoms with Gasteiger partial charge in [-0.25, -0.2) is 0 Å². The Balaban J connectivity index is 5.87. The number of nitriles is 5. The second-order valence-electron chi connectivity index (χ2n) is 1.48. The molecule has 0 fully saturated rings. The molecule has 0 aromatic heterocycles. The summed E-state index contributed by atoms with van der Waals surface area (Å²) in [5.74, 6) is 0. The predicted octanol–water partition coefficient (Wildman–Crippen LogP) is 0.0814. The van der Waals surface area contributed by atoms with Crippen molar-refractivity contribution in [2.45, 2.75) is 0 Å². The molecule has 0 aromatic carbocycles. The van der Waals surface area contributed by atoms with Crippen molar-refractivity contribution >= 4 is 0 Å². The molecule has 0 N–H and O–H groups in total. The van der Waals surface area contributed by atoms with E-state index in [1.807, 2.05) is 0 Å². The van der Waals surface area contributed by atoms with Gasteiger partial charge in [-0.05, 0) is 0 Å². The van der Waals surface area contributed by atoms with Crippen LogP contribution in [0.4, 0.5) is 0 Å². The monoisotopic (exact) mass is 182 g/mol. The number of nitrogens with zero attached hydrogens (tertiary/aromatic N) is 5. The molecule has 0 aliphatic carbocycles. The van der Waals surface area contributed by atoms with Gasteiger partial charge in [-0.2, -0.15) is 0 Å². The quantitative estimate of drug-likeness (QED) is 0.525. The van der Waals surface area contributed by atoms with Crippen molar-refractivity contribution in [3.8, 4) is 24.7 Å². The molecular formula is C5CrN5. The van der Waals surface area contributed by atoms with Crippen LogP contribution in [-0.2, 0) is 12.0 Å². The normalized spacial score (nSPS) is 11.4. The standard InChI is InChI=1S/5CN.Cr/c5*1-2;. The third-order valence-electron chi connectivity index (χ3n) is 0.913. The Morgan fingerprint density at radius 1 is 0.545 bits per heavy atom. The second-order valence-corrected chi connectivity index (χ2v) is 6.09. The Morgan fingerprint density at radius 2 is 0.727 bits per heavy atom. The molecule has 0 amide bonds. The molecule has 0 rings (SSSR count). The maximum absolute atomic E-state index is 8.36. The molecule has 5 nitrogen and oxygen atoms in total. The van der Waals surface area contributed by atoms with Gasteiger partial charge in [0.15, 0.2) is 0 Å². The molecule has 0 atom stereocenters. The van der Waals surface area contributed by atoms with E-state index in [1.165, 1.54) is 24.7 Å². The number of hydrogen-bond donors (Lipinski definition) is 0. The van der Waals surface area contributed by atoms with Crippen LogP contribution >= 0.6 is 0 Å². The molecule has 11 heavy (non-hydrogen) atoms. The Bertz CT molecular complexity index is 290. The molecule has 0 unspecified atom stereocenters. The van der Waals surface area contributed by atoms with Gasteiger partial charge in [-0.3, -0.25) is 0 Å². The molecule has 0 saturated carbocycles. The summed E-state index contributed by atoms with van der Waals surface area (Å²) >= 11 is -5.06. The van der Waals surface area contributed by atoms with Crippen LogP contribution in [0, 0.1) is 51.0 Å². The number of rotatable bonds is 0. The van der Waals surface area contributed by atoms with E-state index in [4.69, 9.17) is 26.3 Å². The van der Waals surface area contributed by atoms with Crippen molar-refractivity contribution in [1.29, 1.82) is 26.3 Å². The summed E-state index contributed by atoms with van der Waals surface area (Å²) in [7, 11) is 0. The van der Waals surface area contributed by atoms with E-state index in [-0.39, 0.29) is 0 Å². The number of hydrogen-bond acceptors (Lipinski definition) is 5. The van der Waals surface area contributed by atoms with E-state index in [0.717, 1.165) is 0 Å². The molecule has 0 aliphatic rings. The van der Waals surface area contributed by atoms with Crippen LogP contribution in [-0.4, -0.2) is 0 Å². The molecule has 0 spiro atoms. The van der Waals surface area contributed by atoms with Crippen molar-refractivity contribution in [3.05, 3.63) is 0 Å². The van der Waals surface area contributed by atoms with E-state index in [2.05, 4.69) is 0 Å². The summed E-state index contributed by atoms with van der Waals surface area (Å²) in [4.78, 5) is 6.25. The Hall–Kier alpha value is -2.02. The van der Waals surface area contributed by atoms with E-state index in [9.17, 15) is 0 Å². The van der Waals surface area contributed by atoms with Gasteiger partial charge in [-0.1, -0.05) is 0 Å². The molecule has 6 heteroatoms. The van der Waals surface area contributed by atoms with Crippen LogP contribution in [0.3, 0.4) is 0 Å². The van der Waals surface area contributed by atoms with Crippen LogP contribution in [0.2, 0.25) is 0 Å². The second kappa shape index (κ2) is 2.31. The molecule has 0 radical (unpaired) electrons. The van der Waals surface area contributed by atoms with Crippen molar-refractivity contribution in [2.24, 2.45) is 0 Å². The van der Waals surface area contributed by atoms with Gasteiger partial charge in [0.1, 0.15) is 0 Å². The van der Waals surface area contributed by atoms with Crippen LogP contribution in [0.5, 0.6) is 0 Å². The van der Waals surface area contributed by atoms with Gasteiger partial charge in [0.05, 0.1) is 0 Å². The topological polar surface area (TPSA) is 119 Å². The molecule has 0 aliphatic heterocycles. The molecule has 51 valence electrons. The summed E-state index contributed by atoms with van der Waals surface area (Å²) in [6.07, 6.45) is 0. The van der Waals surface area contributed by atoms with E-state index < -0.39 is 12.0 Å². The van der Waals surface area contributed by atoms with Crippen molar-refractivity contribution in [1.82, 2.24) is 0 Å². The van der Waals surface area contributed by atoms with Crippen LogP contribution in [0.15, 0.2) is 0 Å². The Labute approximate surface area is 63.5 Å². The maximum atomic E-state index is 8.36. The van der Waals surface area contributed by atoms with Gasteiger partial charge in [0.2, 0.25) is 0 Å². The zero-order chi connectivity index (χ0) is 8.98. The molecule has 0 aromatic rings. The predicted molar refractivity (Wildman–Crippen MR) is 28.1 cm³/mol. The first-order valence-corrected chi connectivity index (χ1v) is 5.33. The SMILES string of the molecule is N#[C][Cr]([C]#N)([C]#N)([C]#N)[C]#N. The average Bonchev–Trinajstić information content (AvgIpc) is 2.12. The minimum absolute atomic E-state index is 1.25. The third-order valence-corrected chi connectivity index (χ3v) is 3.76. The summed E-state index contributed by atoms with van der Waals surface area (Å²) in [5.41, 5.74) is 0. The van der Waals surface area contributed by atoms with Gasteiger partial charge < -0.3 is 0 Å². The van der Waals surface area contributed by atoms with Crippen LogP contribution < -0.4 is 0 Å². The Kier molecular flexibility index (Phi) is 1.89. The average molecular weight is 182 g/mol. The zero-order valence-electron chi connectivity index (χ0n) is 5.14. The van der Waals surface area contributed by atoms with Gasteiger partial charge >= 0.3 is 63.0 Å². The Morgan fingerprint density at radius 3 is 0.727 bits per heavy atom. The van der Waals surface area contributed by atoms with E-state index >= 15 is 0 Å². The first kappa shape index (κ1) is 8.98. The first-order chi connectivity index (χ1) is 5.12. The van der Waals surface area contributed by atoms with Crippen LogP contribution in [0.1, 0.15) is 0 Å². The van der Waals surface area contributed by atoms with Crippen molar-refractivity contribution < 1.29 is 12.0 Å². The fourth-order valence-corrected chi connectivity index (χ4v) is 0.842. The molecule has 0 bridgehead atoms. The summed E-state index contributed by atoms with van der Waals surface area (Å²) in [6.45, 7) is 0. The van der Waals surface area contributed by atoms with Gasteiger partial charge in [0, 0.05) is 0 Å². The van der Waals surface area contributed by atoms with Crippen molar-refractivity contribution in [3.63, 3.8) is 0 Å².